The molecule has 0 unspecified atom stereocenters. The number of amides is 2. The maximum absolute atomic E-state index is 13.7. The number of ether oxygens (including phenoxy) is 1. The zero-order chi connectivity index (χ0) is 18.9. The van der Waals surface area contributed by atoms with Gasteiger partial charge in [0.1, 0.15) is 5.75 Å². The average Bonchev–Trinajstić information content (AvgIpc) is 2.63. The second kappa shape index (κ2) is 9.77. The van der Waals surface area contributed by atoms with E-state index >= 15 is 0 Å². The van der Waals surface area contributed by atoms with Gasteiger partial charge < -0.3 is 15.4 Å². The van der Waals surface area contributed by atoms with Gasteiger partial charge in [0, 0.05) is 13.0 Å². The van der Waals surface area contributed by atoms with Crippen LogP contribution in [0.25, 0.3) is 0 Å². The minimum atomic E-state index is -0.664. The molecule has 2 N–H and O–H groups in total. The van der Waals surface area contributed by atoms with Crippen molar-refractivity contribution in [2.45, 2.75) is 19.8 Å². The molecule has 0 saturated heterocycles. The number of halogens is 2. The highest BCUT2D eigenvalue weighted by atomic mass is 35.5. The Bertz CT molecular complexity index is 783. The van der Waals surface area contributed by atoms with Gasteiger partial charge in [-0.25, -0.2) is 4.39 Å². The molecule has 0 aromatic heterocycles. The first-order valence-corrected chi connectivity index (χ1v) is 8.64. The third kappa shape index (κ3) is 5.46. The van der Waals surface area contributed by atoms with Gasteiger partial charge in [0.2, 0.25) is 5.91 Å². The molecule has 7 heteroatoms. The van der Waals surface area contributed by atoms with Crippen LogP contribution in [0.2, 0.25) is 5.02 Å². The number of hydrogen-bond donors (Lipinski definition) is 2. The molecule has 2 amide bonds. The van der Waals surface area contributed by atoms with Gasteiger partial charge in [0.05, 0.1) is 22.9 Å². The molecular formula is C19H20ClFN2O3. The Balaban J connectivity index is 1.79. The predicted octanol–water partition coefficient (Wildman–Crippen LogP) is 4.03. The number of hydrogen-bond acceptors (Lipinski definition) is 3. The Morgan fingerprint density at radius 3 is 2.69 bits per heavy atom. The van der Waals surface area contributed by atoms with Gasteiger partial charge in [-0.1, -0.05) is 29.8 Å². The molecule has 2 rings (SSSR count). The van der Waals surface area contributed by atoms with E-state index < -0.39 is 5.82 Å². The number of rotatable bonds is 8. The highest BCUT2D eigenvalue weighted by molar-refractivity contribution is 6.31. The van der Waals surface area contributed by atoms with Crippen LogP contribution in [0, 0.1) is 5.82 Å². The molecule has 5 nitrogen and oxygen atoms in total. The van der Waals surface area contributed by atoms with Crippen LogP contribution in [0.1, 0.15) is 30.1 Å². The van der Waals surface area contributed by atoms with Gasteiger partial charge in [0.15, 0.2) is 5.82 Å². The third-order valence-electron chi connectivity index (χ3n) is 3.52. The first-order valence-electron chi connectivity index (χ1n) is 8.26. The monoisotopic (exact) mass is 378 g/mol. The van der Waals surface area contributed by atoms with E-state index in [0.29, 0.717) is 30.9 Å². The van der Waals surface area contributed by atoms with Gasteiger partial charge in [-0.05, 0) is 37.6 Å². The fourth-order valence-electron chi connectivity index (χ4n) is 2.29. The summed E-state index contributed by atoms with van der Waals surface area (Å²) in [5.41, 5.74) is 0.483. The van der Waals surface area contributed by atoms with Crippen molar-refractivity contribution in [3.8, 4) is 5.75 Å². The minimum Gasteiger partial charge on any atom is -0.493 e. The normalized spacial score (nSPS) is 10.3. The summed E-state index contributed by atoms with van der Waals surface area (Å²) in [5, 5.41) is 5.16. The predicted molar refractivity (Wildman–Crippen MR) is 99.2 cm³/mol. The highest BCUT2D eigenvalue weighted by Crippen LogP contribution is 2.22. The van der Waals surface area contributed by atoms with Crippen molar-refractivity contribution < 1.29 is 18.7 Å². The average molecular weight is 379 g/mol. The van der Waals surface area contributed by atoms with Gasteiger partial charge in [-0.3, -0.25) is 9.59 Å². The maximum atomic E-state index is 13.7. The Morgan fingerprint density at radius 2 is 1.92 bits per heavy atom. The number of para-hydroxylation sites is 1. The molecule has 0 saturated carbocycles. The molecule has 2 aromatic rings. The number of benzene rings is 2. The van der Waals surface area contributed by atoms with E-state index in [2.05, 4.69) is 10.6 Å². The largest absolute Gasteiger partial charge is 0.493 e. The first kappa shape index (κ1) is 19.7. The lowest BCUT2D eigenvalue weighted by atomic mass is 10.2. The molecule has 0 heterocycles. The fourth-order valence-corrected chi connectivity index (χ4v) is 2.47. The number of anilines is 1. The van der Waals surface area contributed by atoms with Crippen molar-refractivity contribution in [3.63, 3.8) is 0 Å². The lowest BCUT2D eigenvalue weighted by Crippen LogP contribution is -2.26. The molecule has 26 heavy (non-hydrogen) atoms. The fraction of sp³-hybridized carbons (Fsp3) is 0.263. The second-order valence-corrected chi connectivity index (χ2v) is 5.85. The molecule has 0 spiro atoms. The Morgan fingerprint density at radius 1 is 1.15 bits per heavy atom. The zero-order valence-electron chi connectivity index (χ0n) is 14.4. The second-order valence-electron chi connectivity index (χ2n) is 5.44. The summed E-state index contributed by atoms with van der Waals surface area (Å²) in [6.45, 7) is 2.62. The molecule has 0 aliphatic rings. The lowest BCUT2D eigenvalue weighted by molar-refractivity contribution is -0.116. The van der Waals surface area contributed by atoms with E-state index in [1.165, 1.54) is 12.1 Å². The Kier molecular flexibility index (Phi) is 7.41. The lowest BCUT2D eigenvalue weighted by Gasteiger charge is -2.10. The molecule has 0 radical (unpaired) electrons. The highest BCUT2D eigenvalue weighted by Gasteiger charge is 2.12. The summed E-state index contributed by atoms with van der Waals surface area (Å²) in [7, 11) is 0. The summed E-state index contributed by atoms with van der Waals surface area (Å²) >= 11 is 5.67. The summed E-state index contributed by atoms with van der Waals surface area (Å²) in [6.07, 6.45) is 0.551. The smallest absolute Gasteiger partial charge is 0.255 e. The summed E-state index contributed by atoms with van der Waals surface area (Å²) in [6, 6.07) is 11.3. The summed E-state index contributed by atoms with van der Waals surface area (Å²) in [4.78, 5) is 24.1. The van der Waals surface area contributed by atoms with Gasteiger partial charge >= 0.3 is 0 Å². The van der Waals surface area contributed by atoms with Gasteiger partial charge in [0.25, 0.3) is 5.91 Å². The number of nitrogens with one attached hydrogen (secondary N) is 2. The third-order valence-corrected chi connectivity index (χ3v) is 3.82. The number of carbonyl (C=O) groups excluding carboxylic acids is 2. The molecular weight excluding hydrogens is 359 g/mol. The maximum Gasteiger partial charge on any atom is 0.255 e. The van der Waals surface area contributed by atoms with E-state index in [4.69, 9.17) is 16.3 Å². The van der Waals surface area contributed by atoms with Crippen molar-refractivity contribution in [2.24, 2.45) is 0 Å². The van der Waals surface area contributed by atoms with Crippen LogP contribution in [0.3, 0.4) is 0 Å². The van der Waals surface area contributed by atoms with E-state index in [1.807, 2.05) is 6.92 Å². The Hall–Kier alpha value is -2.60. The van der Waals surface area contributed by atoms with Crippen molar-refractivity contribution in [2.75, 3.05) is 18.5 Å². The van der Waals surface area contributed by atoms with Crippen LogP contribution in [-0.4, -0.2) is 25.0 Å². The Labute approximate surface area is 156 Å². The standard InChI is InChI=1S/C19H20ClFN2O3/c1-2-26-16-10-4-3-7-13(16)19(25)22-12-6-11-17(24)23-15-9-5-8-14(20)18(15)21/h3-5,7-10H,2,6,11-12H2,1H3,(H,22,25)(H,23,24). The minimum absolute atomic E-state index is 0.0391. The first-order chi connectivity index (χ1) is 12.5. The van der Waals surface area contributed by atoms with Crippen LogP contribution >= 0.6 is 11.6 Å². The summed E-state index contributed by atoms with van der Waals surface area (Å²) < 4.78 is 19.1. The van der Waals surface area contributed by atoms with Crippen LogP contribution in [-0.2, 0) is 4.79 Å². The van der Waals surface area contributed by atoms with E-state index in [1.54, 1.807) is 30.3 Å². The molecule has 0 bridgehead atoms. The van der Waals surface area contributed by atoms with E-state index in [0.717, 1.165) is 0 Å². The molecule has 0 aliphatic carbocycles. The molecule has 0 aliphatic heterocycles. The van der Waals surface area contributed by atoms with E-state index in [9.17, 15) is 14.0 Å². The van der Waals surface area contributed by atoms with Crippen LogP contribution < -0.4 is 15.4 Å². The van der Waals surface area contributed by atoms with Gasteiger partial charge in [-0.2, -0.15) is 0 Å². The van der Waals surface area contributed by atoms with Crippen molar-refractivity contribution in [3.05, 3.63) is 58.9 Å². The van der Waals surface area contributed by atoms with Crippen molar-refractivity contribution in [1.29, 1.82) is 0 Å². The SMILES string of the molecule is CCOc1ccccc1C(=O)NCCCC(=O)Nc1cccc(Cl)c1F. The zero-order valence-corrected chi connectivity index (χ0v) is 15.1. The molecule has 0 fully saturated rings. The van der Waals surface area contributed by atoms with Crippen LogP contribution in [0.15, 0.2) is 42.5 Å². The van der Waals surface area contributed by atoms with Crippen LogP contribution in [0.5, 0.6) is 5.75 Å². The summed E-state index contributed by atoms with van der Waals surface area (Å²) in [5.74, 6) is -0.768. The van der Waals surface area contributed by atoms with E-state index in [-0.39, 0.29) is 28.9 Å². The molecule has 0 atom stereocenters. The van der Waals surface area contributed by atoms with Crippen molar-refractivity contribution >= 4 is 29.1 Å². The van der Waals surface area contributed by atoms with Crippen LogP contribution in [0.4, 0.5) is 10.1 Å². The quantitative estimate of drug-likeness (QED) is 0.681. The number of carbonyl (C=O) groups is 2. The molecule has 2 aromatic carbocycles. The van der Waals surface area contributed by atoms with Crippen molar-refractivity contribution in [1.82, 2.24) is 5.32 Å². The molecule has 138 valence electrons. The topological polar surface area (TPSA) is 67.4 Å². The van der Waals surface area contributed by atoms with Gasteiger partial charge in [-0.15, -0.1) is 0 Å².